The zero-order valence-electron chi connectivity index (χ0n) is 5.05. The molecule has 0 aliphatic heterocycles. The van der Waals surface area contributed by atoms with E-state index in [9.17, 15) is 0 Å². The number of aliphatic hydroxyl groups is 2. The fourth-order valence-corrected chi connectivity index (χ4v) is 0.229. The van der Waals surface area contributed by atoms with E-state index >= 15 is 0 Å². The fraction of sp³-hybridized carbons (Fsp3) is 1.00. The first-order valence-corrected chi connectivity index (χ1v) is 2.44. The Morgan fingerprint density at radius 3 is 2.25 bits per heavy atom. The standard InChI is InChI=1S/C4H11N2O2/c1-3-5-6-4(2,7)8/h6-8H,3H2,1-2H3. The van der Waals surface area contributed by atoms with Crippen molar-refractivity contribution in [2.24, 2.45) is 0 Å². The second-order valence-corrected chi connectivity index (χ2v) is 1.61. The SMILES string of the molecule is CC[N]NC(C)(O)O. The molecule has 4 nitrogen and oxygen atoms in total. The van der Waals surface area contributed by atoms with Crippen LogP contribution in [-0.4, -0.2) is 22.7 Å². The summed E-state index contributed by atoms with van der Waals surface area (Å²) in [5, 5.41) is 17.0. The van der Waals surface area contributed by atoms with Gasteiger partial charge in [-0.15, -0.1) is 0 Å². The van der Waals surface area contributed by atoms with E-state index in [0.29, 0.717) is 6.54 Å². The summed E-state index contributed by atoms with van der Waals surface area (Å²) in [7, 11) is 0. The average Bonchev–Trinajstić information content (AvgIpc) is 1.59. The Hall–Kier alpha value is -0.160. The Morgan fingerprint density at radius 1 is 1.62 bits per heavy atom. The van der Waals surface area contributed by atoms with Crippen LogP contribution in [0, 0.1) is 0 Å². The molecular weight excluding hydrogens is 108 g/mol. The van der Waals surface area contributed by atoms with Crippen molar-refractivity contribution in [1.82, 2.24) is 10.9 Å². The van der Waals surface area contributed by atoms with E-state index in [2.05, 4.69) is 10.9 Å². The molecule has 0 heterocycles. The summed E-state index contributed by atoms with van der Waals surface area (Å²) in [5.41, 5.74) is 5.60. The summed E-state index contributed by atoms with van der Waals surface area (Å²) in [6.07, 6.45) is 0. The van der Waals surface area contributed by atoms with Crippen molar-refractivity contribution in [2.45, 2.75) is 19.8 Å². The maximum Gasteiger partial charge on any atom is 0.233 e. The summed E-state index contributed by atoms with van der Waals surface area (Å²) in [5.74, 6) is -1.87. The maximum atomic E-state index is 8.50. The van der Waals surface area contributed by atoms with Gasteiger partial charge in [-0.2, -0.15) is 10.9 Å². The van der Waals surface area contributed by atoms with E-state index in [1.54, 1.807) is 6.92 Å². The van der Waals surface area contributed by atoms with Crippen LogP contribution in [0.3, 0.4) is 0 Å². The quantitative estimate of drug-likeness (QED) is 0.322. The molecule has 0 saturated heterocycles. The average molecular weight is 119 g/mol. The first kappa shape index (κ1) is 7.84. The highest BCUT2D eigenvalue weighted by Gasteiger charge is 2.11. The summed E-state index contributed by atoms with van der Waals surface area (Å²) in [6.45, 7) is 3.52. The highest BCUT2D eigenvalue weighted by molar-refractivity contribution is 4.44. The van der Waals surface area contributed by atoms with E-state index in [-0.39, 0.29) is 0 Å². The van der Waals surface area contributed by atoms with Crippen molar-refractivity contribution >= 4 is 0 Å². The monoisotopic (exact) mass is 119 g/mol. The lowest BCUT2D eigenvalue weighted by atomic mass is 10.6. The predicted molar refractivity (Wildman–Crippen MR) is 28.7 cm³/mol. The smallest absolute Gasteiger partial charge is 0.233 e. The van der Waals surface area contributed by atoms with E-state index in [1.165, 1.54) is 6.92 Å². The third kappa shape index (κ3) is 5.84. The molecule has 0 aliphatic rings. The van der Waals surface area contributed by atoms with E-state index < -0.39 is 5.91 Å². The summed E-state index contributed by atoms with van der Waals surface area (Å²) >= 11 is 0. The molecule has 0 amide bonds. The first-order chi connectivity index (χ1) is 3.56. The van der Waals surface area contributed by atoms with E-state index in [4.69, 9.17) is 10.2 Å². The van der Waals surface area contributed by atoms with Crippen LogP contribution < -0.4 is 10.9 Å². The second kappa shape index (κ2) is 2.99. The Balaban J connectivity index is 3.11. The van der Waals surface area contributed by atoms with Crippen LogP contribution >= 0.6 is 0 Å². The Kier molecular flexibility index (Phi) is 2.93. The molecule has 0 bridgehead atoms. The molecule has 0 atom stereocenters. The molecule has 0 unspecified atom stereocenters. The lowest BCUT2D eigenvalue weighted by molar-refractivity contribution is -0.178. The minimum Gasteiger partial charge on any atom is -0.353 e. The number of hydrogen-bond acceptors (Lipinski definition) is 3. The maximum absolute atomic E-state index is 8.50. The van der Waals surface area contributed by atoms with Gasteiger partial charge in [0.2, 0.25) is 5.91 Å². The third-order valence-corrected chi connectivity index (χ3v) is 0.449. The Bertz CT molecular complexity index is 59.5. The van der Waals surface area contributed by atoms with Gasteiger partial charge in [-0.05, 0) is 6.92 Å². The van der Waals surface area contributed by atoms with Crippen LogP contribution in [0.4, 0.5) is 0 Å². The van der Waals surface area contributed by atoms with E-state index in [1.807, 2.05) is 0 Å². The third-order valence-electron chi connectivity index (χ3n) is 0.449. The van der Waals surface area contributed by atoms with Gasteiger partial charge in [-0.25, -0.2) is 0 Å². The van der Waals surface area contributed by atoms with Crippen LogP contribution in [0.5, 0.6) is 0 Å². The zero-order valence-corrected chi connectivity index (χ0v) is 5.05. The molecule has 49 valence electrons. The van der Waals surface area contributed by atoms with Gasteiger partial charge in [-0.3, -0.25) is 0 Å². The molecule has 0 aromatic heterocycles. The van der Waals surface area contributed by atoms with Gasteiger partial charge in [0, 0.05) is 13.5 Å². The zero-order chi connectivity index (χ0) is 6.62. The number of hydrogen-bond donors (Lipinski definition) is 3. The van der Waals surface area contributed by atoms with Crippen LogP contribution in [0.15, 0.2) is 0 Å². The van der Waals surface area contributed by atoms with Gasteiger partial charge >= 0.3 is 0 Å². The Morgan fingerprint density at radius 2 is 2.12 bits per heavy atom. The molecule has 0 aliphatic carbocycles. The molecule has 3 N–H and O–H groups in total. The highest BCUT2D eigenvalue weighted by atomic mass is 16.5. The first-order valence-electron chi connectivity index (χ1n) is 2.44. The summed E-state index contributed by atoms with van der Waals surface area (Å²) in [6, 6.07) is 0. The summed E-state index contributed by atoms with van der Waals surface area (Å²) < 4.78 is 0. The van der Waals surface area contributed by atoms with Crippen LogP contribution in [0.25, 0.3) is 0 Å². The predicted octanol–water partition coefficient (Wildman–Crippen LogP) is -1.23. The molecule has 0 saturated carbocycles. The fourth-order valence-electron chi connectivity index (χ4n) is 0.229. The van der Waals surface area contributed by atoms with Crippen LogP contribution in [-0.2, 0) is 0 Å². The minimum absolute atomic E-state index is 0.525. The summed E-state index contributed by atoms with van der Waals surface area (Å²) in [4.78, 5) is 0. The van der Waals surface area contributed by atoms with Crippen molar-refractivity contribution in [3.63, 3.8) is 0 Å². The molecular formula is C4H11N2O2. The second-order valence-electron chi connectivity index (χ2n) is 1.61. The minimum atomic E-state index is -1.87. The van der Waals surface area contributed by atoms with E-state index in [0.717, 1.165) is 0 Å². The van der Waals surface area contributed by atoms with Gasteiger partial charge in [0.25, 0.3) is 0 Å². The largest absolute Gasteiger partial charge is 0.353 e. The van der Waals surface area contributed by atoms with Gasteiger partial charge in [0.1, 0.15) is 0 Å². The van der Waals surface area contributed by atoms with Crippen molar-refractivity contribution in [3.05, 3.63) is 0 Å². The molecule has 0 spiro atoms. The lowest BCUT2D eigenvalue weighted by Crippen LogP contribution is -2.46. The Labute approximate surface area is 48.5 Å². The molecule has 0 rings (SSSR count). The number of nitrogens with zero attached hydrogens (tertiary/aromatic N) is 1. The van der Waals surface area contributed by atoms with Crippen molar-refractivity contribution in [3.8, 4) is 0 Å². The number of nitrogens with one attached hydrogen (secondary N) is 1. The highest BCUT2D eigenvalue weighted by Crippen LogP contribution is 1.84. The van der Waals surface area contributed by atoms with Crippen LogP contribution in [0.1, 0.15) is 13.8 Å². The molecule has 0 aromatic carbocycles. The van der Waals surface area contributed by atoms with Crippen molar-refractivity contribution in [2.75, 3.05) is 6.54 Å². The normalized spacial score (nSPS) is 12.0. The van der Waals surface area contributed by atoms with Gasteiger partial charge in [0.15, 0.2) is 0 Å². The number of rotatable bonds is 3. The molecule has 8 heavy (non-hydrogen) atoms. The van der Waals surface area contributed by atoms with Gasteiger partial charge < -0.3 is 10.2 Å². The van der Waals surface area contributed by atoms with Gasteiger partial charge in [-0.1, -0.05) is 0 Å². The van der Waals surface area contributed by atoms with Crippen LogP contribution in [0.2, 0.25) is 0 Å². The van der Waals surface area contributed by atoms with Gasteiger partial charge in [0.05, 0.1) is 0 Å². The lowest BCUT2D eigenvalue weighted by Gasteiger charge is -2.15. The van der Waals surface area contributed by atoms with Crippen molar-refractivity contribution in [1.29, 1.82) is 0 Å². The molecule has 1 radical (unpaired) electrons. The van der Waals surface area contributed by atoms with Crippen molar-refractivity contribution < 1.29 is 10.2 Å². The molecule has 4 heteroatoms. The topological polar surface area (TPSA) is 66.6 Å². The molecule has 0 fully saturated rings. The molecule has 0 aromatic rings.